The molecular weight excluding hydrogens is 238 g/mol. The van der Waals surface area contributed by atoms with Crippen LogP contribution in [-0.4, -0.2) is 11.3 Å². The summed E-state index contributed by atoms with van der Waals surface area (Å²) in [5.41, 5.74) is 5.09. The van der Waals surface area contributed by atoms with Crippen molar-refractivity contribution in [3.05, 3.63) is 27.1 Å². The van der Waals surface area contributed by atoms with Crippen molar-refractivity contribution in [2.45, 2.75) is 12.5 Å². The van der Waals surface area contributed by atoms with E-state index in [-0.39, 0.29) is 22.3 Å². The van der Waals surface area contributed by atoms with Crippen LogP contribution in [0.25, 0.3) is 0 Å². The summed E-state index contributed by atoms with van der Waals surface area (Å²) >= 11 is 0.673. The molecular formula is C6H7ClF2N2O2S. The molecule has 0 bridgehead atoms. The Morgan fingerprint density at radius 3 is 2.43 bits per heavy atom. The van der Waals surface area contributed by atoms with Crippen molar-refractivity contribution in [1.29, 1.82) is 0 Å². The zero-order valence-corrected chi connectivity index (χ0v) is 8.36. The maximum atomic E-state index is 12.0. The van der Waals surface area contributed by atoms with Gasteiger partial charge in [-0.05, 0) is 6.07 Å². The number of nitrogens with two attached hydrogens (primary N) is 1. The van der Waals surface area contributed by atoms with Gasteiger partial charge in [0.2, 0.25) is 0 Å². The van der Waals surface area contributed by atoms with E-state index in [0.717, 1.165) is 0 Å². The lowest BCUT2D eigenvalue weighted by Gasteiger charge is -2.05. The van der Waals surface area contributed by atoms with E-state index in [1.807, 2.05) is 0 Å². The van der Waals surface area contributed by atoms with Crippen molar-refractivity contribution in [2.24, 2.45) is 5.73 Å². The fraction of sp³-hybridized carbons (Fsp3) is 0.333. The van der Waals surface area contributed by atoms with Crippen LogP contribution in [0.15, 0.2) is 12.1 Å². The summed E-state index contributed by atoms with van der Waals surface area (Å²) in [6.45, 7) is 0. The predicted octanol–water partition coefficient (Wildman–Crippen LogP) is 2.34. The van der Waals surface area contributed by atoms with Crippen LogP contribution in [0.3, 0.4) is 0 Å². The summed E-state index contributed by atoms with van der Waals surface area (Å²) in [6.07, 6.45) is -2.70. The Bertz CT molecular complexity index is 321. The van der Waals surface area contributed by atoms with Crippen LogP contribution in [0.1, 0.15) is 10.9 Å². The molecule has 0 amide bonds. The van der Waals surface area contributed by atoms with E-state index >= 15 is 0 Å². The minimum absolute atomic E-state index is 0. The standard InChI is InChI=1S/C6H6F2N2O2S.ClH/c7-6(8)5(9)3-1-2-4(13-3)10(11)12;/h1-2,5-6H,9H2;1H/t5-;/m1./s1. The molecule has 1 aromatic rings. The Kier molecular flexibility index (Phi) is 4.89. The number of nitro groups is 1. The molecule has 1 atom stereocenters. The minimum atomic E-state index is -2.70. The Hall–Kier alpha value is -0.790. The zero-order valence-electron chi connectivity index (χ0n) is 6.72. The van der Waals surface area contributed by atoms with E-state index in [4.69, 9.17) is 5.73 Å². The molecule has 1 heterocycles. The molecule has 8 heteroatoms. The molecule has 4 nitrogen and oxygen atoms in total. The zero-order chi connectivity index (χ0) is 10.0. The third kappa shape index (κ3) is 2.86. The molecule has 1 aromatic heterocycles. The van der Waals surface area contributed by atoms with Crippen molar-refractivity contribution < 1.29 is 13.7 Å². The average Bonchev–Trinajstić information content (AvgIpc) is 2.50. The fourth-order valence-electron chi connectivity index (χ4n) is 0.744. The highest BCUT2D eigenvalue weighted by atomic mass is 35.5. The van der Waals surface area contributed by atoms with Gasteiger partial charge in [-0.15, -0.1) is 12.4 Å². The van der Waals surface area contributed by atoms with Crippen molar-refractivity contribution in [2.75, 3.05) is 0 Å². The van der Waals surface area contributed by atoms with E-state index < -0.39 is 17.4 Å². The normalized spacial score (nSPS) is 12.3. The summed E-state index contributed by atoms with van der Waals surface area (Å²) in [5.74, 6) is 0. The van der Waals surface area contributed by atoms with Crippen LogP contribution in [0.5, 0.6) is 0 Å². The number of rotatable bonds is 3. The lowest BCUT2D eigenvalue weighted by Crippen LogP contribution is -2.17. The van der Waals surface area contributed by atoms with E-state index in [9.17, 15) is 18.9 Å². The second-order valence-electron chi connectivity index (χ2n) is 2.29. The van der Waals surface area contributed by atoms with Crippen molar-refractivity contribution in [3.8, 4) is 0 Å². The lowest BCUT2D eigenvalue weighted by molar-refractivity contribution is -0.380. The molecule has 1 rings (SSSR count). The molecule has 14 heavy (non-hydrogen) atoms. The molecule has 0 saturated carbocycles. The first-order chi connectivity index (χ1) is 6.02. The highest BCUT2D eigenvalue weighted by Gasteiger charge is 2.21. The third-order valence-electron chi connectivity index (χ3n) is 1.39. The maximum absolute atomic E-state index is 12.0. The lowest BCUT2D eigenvalue weighted by atomic mass is 10.3. The van der Waals surface area contributed by atoms with Crippen LogP contribution in [0.4, 0.5) is 13.8 Å². The predicted molar refractivity (Wildman–Crippen MR) is 51.2 cm³/mol. The van der Waals surface area contributed by atoms with Gasteiger partial charge in [0.05, 0.1) is 4.92 Å². The van der Waals surface area contributed by atoms with E-state index in [0.29, 0.717) is 11.3 Å². The van der Waals surface area contributed by atoms with Gasteiger partial charge < -0.3 is 5.73 Å². The number of nitrogens with zero attached hydrogens (tertiary/aromatic N) is 1. The molecule has 0 radical (unpaired) electrons. The summed E-state index contributed by atoms with van der Waals surface area (Å²) in [5, 5.41) is 10.0. The molecule has 0 unspecified atom stereocenters. The fourth-order valence-corrected chi connectivity index (χ4v) is 1.57. The second-order valence-corrected chi connectivity index (χ2v) is 3.39. The average molecular weight is 245 g/mol. The molecule has 0 aromatic carbocycles. The summed E-state index contributed by atoms with van der Waals surface area (Å²) in [4.78, 5) is 9.69. The van der Waals surface area contributed by atoms with Crippen molar-refractivity contribution in [1.82, 2.24) is 0 Å². The van der Waals surface area contributed by atoms with Gasteiger partial charge in [0.1, 0.15) is 6.04 Å². The second kappa shape index (κ2) is 5.18. The summed E-state index contributed by atoms with van der Waals surface area (Å²) in [6, 6.07) is 0.987. The Labute approximate surface area is 88.3 Å². The van der Waals surface area contributed by atoms with Gasteiger partial charge in [-0.3, -0.25) is 10.1 Å². The van der Waals surface area contributed by atoms with E-state index in [2.05, 4.69) is 0 Å². The number of hydrogen-bond donors (Lipinski definition) is 1. The van der Waals surface area contributed by atoms with Crippen molar-refractivity contribution in [3.63, 3.8) is 0 Å². The van der Waals surface area contributed by atoms with Crippen LogP contribution in [-0.2, 0) is 0 Å². The topological polar surface area (TPSA) is 69.2 Å². The Morgan fingerprint density at radius 2 is 2.07 bits per heavy atom. The monoisotopic (exact) mass is 244 g/mol. The molecule has 0 aliphatic rings. The molecule has 2 N–H and O–H groups in total. The van der Waals surface area contributed by atoms with Gasteiger partial charge >= 0.3 is 5.00 Å². The smallest absolute Gasteiger partial charge is 0.319 e. The minimum Gasteiger partial charge on any atom is -0.319 e. The largest absolute Gasteiger partial charge is 0.324 e. The summed E-state index contributed by atoms with van der Waals surface area (Å²) in [7, 11) is 0. The highest BCUT2D eigenvalue weighted by molar-refractivity contribution is 7.15. The Balaban J connectivity index is 0.00000169. The van der Waals surface area contributed by atoms with Crippen LogP contribution < -0.4 is 5.73 Å². The van der Waals surface area contributed by atoms with Crippen LogP contribution in [0.2, 0.25) is 0 Å². The molecule has 0 spiro atoms. The molecule has 0 aliphatic heterocycles. The van der Waals surface area contributed by atoms with Gasteiger partial charge in [-0.25, -0.2) is 8.78 Å². The molecule has 0 fully saturated rings. The highest BCUT2D eigenvalue weighted by Crippen LogP contribution is 2.30. The quantitative estimate of drug-likeness (QED) is 0.655. The first kappa shape index (κ1) is 13.2. The van der Waals surface area contributed by atoms with Gasteiger partial charge in [0.25, 0.3) is 6.43 Å². The number of halogens is 3. The van der Waals surface area contributed by atoms with Crippen molar-refractivity contribution >= 4 is 28.7 Å². The first-order valence-electron chi connectivity index (χ1n) is 3.30. The third-order valence-corrected chi connectivity index (χ3v) is 2.53. The first-order valence-corrected chi connectivity index (χ1v) is 4.12. The Morgan fingerprint density at radius 1 is 1.50 bits per heavy atom. The number of thiophene rings is 1. The number of hydrogen-bond acceptors (Lipinski definition) is 4. The van der Waals surface area contributed by atoms with Gasteiger partial charge in [-0.2, -0.15) is 0 Å². The summed E-state index contributed by atoms with van der Waals surface area (Å²) < 4.78 is 24.1. The van der Waals surface area contributed by atoms with Crippen LogP contribution >= 0.6 is 23.7 Å². The molecule has 0 saturated heterocycles. The van der Waals surface area contributed by atoms with Gasteiger partial charge in [0, 0.05) is 10.9 Å². The van der Waals surface area contributed by atoms with E-state index in [1.54, 1.807) is 0 Å². The molecule has 0 aliphatic carbocycles. The molecule has 80 valence electrons. The number of alkyl halides is 2. The van der Waals surface area contributed by atoms with Gasteiger partial charge in [-0.1, -0.05) is 11.3 Å². The SMILES string of the molecule is Cl.N[C@H](c1ccc([N+](=O)[O-])s1)C(F)F. The maximum Gasteiger partial charge on any atom is 0.324 e. The van der Waals surface area contributed by atoms with E-state index in [1.165, 1.54) is 12.1 Å². The van der Waals surface area contributed by atoms with Crippen LogP contribution in [0, 0.1) is 10.1 Å². The van der Waals surface area contributed by atoms with Gasteiger partial charge in [0.15, 0.2) is 0 Å².